The number of benzene rings is 3. The third-order valence-electron chi connectivity index (χ3n) is 7.32. The molecule has 0 aliphatic carbocycles. The predicted molar refractivity (Wildman–Crippen MR) is 140 cm³/mol. The molecule has 2 saturated heterocycles. The van der Waals surface area contributed by atoms with Gasteiger partial charge in [-0.15, -0.1) is 0 Å². The molecule has 3 aromatic rings. The van der Waals surface area contributed by atoms with Crippen LogP contribution < -0.4 is 5.73 Å². The summed E-state index contributed by atoms with van der Waals surface area (Å²) < 4.78 is 18.9. The SMILES string of the molecule is C[C@H]1[C@@H](CN2CCOCC2)O[C@@H](c2cccc(-c3cccc(CN)c3)c2)O[C@H]1c1ccc(CO)cc1. The van der Waals surface area contributed by atoms with E-state index in [1.54, 1.807) is 0 Å². The van der Waals surface area contributed by atoms with Crippen LogP contribution in [0.2, 0.25) is 0 Å². The highest BCUT2D eigenvalue weighted by Crippen LogP contribution is 2.42. The summed E-state index contributed by atoms with van der Waals surface area (Å²) in [4.78, 5) is 2.42. The molecule has 0 amide bonds. The van der Waals surface area contributed by atoms with Gasteiger partial charge in [-0.2, -0.15) is 0 Å². The summed E-state index contributed by atoms with van der Waals surface area (Å²) in [5.74, 6) is 0.161. The first-order valence-electron chi connectivity index (χ1n) is 12.8. The van der Waals surface area contributed by atoms with Crippen LogP contribution in [0.25, 0.3) is 11.1 Å². The number of hydrogen-bond donors (Lipinski definition) is 2. The van der Waals surface area contributed by atoms with E-state index in [0.29, 0.717) is 6.54 Å². The number of nitrogens with zero attached hydrogens (tertiary/aromatic N) is 1. The number of nitrogens with two attached hydrogens (primary N) is 1. The van der Waals surface area contributed by atoms with Gasteiger partial charge < -0.3 is 25.1 Å². The molecule has 0 aromatic heterocycles. The first-order valence-corrected chi connectivity index (χ1v) is 12.8. The first kappa shape index (κ1) is 25.1. The summed E-state index contributed by atoms with van der Waals surface area (Å²) in [6, 6.07) is 24.8. The van der Waals surface area contributed by atoms with E-state index >= 15 is 0 Å². The van der Waals surface area contributed by atoms with E-state index in [1.165, 1.54) is 0 Å². The summed E-state index contributed by atoms with van der Waals surface area (Å²) in [6.07, 6.45) is -0.590. The second kappa shape index (κ2) is 11.6. The van der Waals surface area contributed by atoms with Crippen molar-refractivity contribution in [3.63, 3.8) is 0 Å². The van der Waals surface area contributed by atoms with Crippen molar-refractivity contribution >= 4 is 0 Å². The molecule has 3 N–H and O–H groups in total. The molecular weight excluding hydrogens is 452 g/mol. The molecule has 4 atom stereocenters. The quantitative estimate of drug-likeness (QED) is 0.513. The van der Waals surface area contributed by atoms with Gasteiger partial charge in [-0.05, 0) is 39.9 Å². The second-order valence-corrected chi connectivity index (χ2v) is 9.76. The average Bonchev–Trinajstić information content (AvgIpc) is 2.95. The number of aliphatic hydroxyl groups is 1. The molecule has 0 spiro atoms. The van der Waals surface area contributed by atoms with Gasteiger partial charge in [0.05, 0.1) is 32.0 Å². The van der Waals surface area contributed by atoms with E-state index in [4.69, 9.17) is 19.9 Å². The fourth-order valence-corrected chi connectivity index (χ4v) is 5.11. The molecule has 0 unspecified atom stereocenters. The van der Waals surface area contributed by atoms with Crippen molar-refractivity contribution < 1.29 is 19.3 Å². The van der Waals surface area contributed by atoms with Gasteiger partial charge >= 0.3 is 0 Å². The Morgan fingerprint density at radius 2 is 1.58 bits per heavy atom. The Kier molecular flexibility index (Phi) is 8.12. The minimum atomic E-state index is -0.479. The Labute approximate surface area is 213 Å². The maximum atomic E-state index is 9.48. The van der Waals surface area contributed by atoms with Gasteiger partial charge in [0.2, 0.25) is 0 Å². The molecule has 2 fully saturated rings. The standard InChI is InChI=1S/C30H36N2O4/c1-21-28(19-32-12-14-34-15-13-32)35-30(36-29(21)24-10-8-22(20-33)9-11-24)27-7-3-6-26(17-27)25-5-2-4-23(16-25)18-31/h2-11,16-17,21,28-30,33H,12-15,18-20,31H2,1H3/t21-,28+,29+,30+/m0/s1. The lowest BCUT2D eigenvalue weighted by Crippen LogP contribution is -2.47. The number of hydrogen-bond acceptors (Lipinski definition) is 6. The Morgan fingerprint density at radius 3 is 2.31 bits per heavy atom. The van der Waals surface area contributed by atoms with Gasteiger partial charge in [0, 0.05) is 37.7 Å². The largest absolute Gasteiger partial charge is 0.392 e. The van der Waals surface area contributed by atoms with Crippen LogP contribution in [0, 0.1) is 5.92 Å². The molecule has 6 nitrogen and oxygen atoms in total. The van der Waals surface area contributed by atoms with Crippen molar-refractivity contribution in [1.82, 2.24) is 4.90 Å². The summed E-state index contributed by atoms with van der Waals surface area (Å²) in [5.41, 5.74) is 12.2. The third kappa shape index (κ3) is 5.70. The normalized spacial score (nSPS) is 25.1. The Bertz CT molecular complexity index is 1130. The van der Waals surface area contributed by atoms with E-state index in [9.17, 15) is 5.11 Å². The third-order valence-corrected chi connectivity index (χ3v) is 7.32. The average molecular weight is 489 g/mol. The van der Waals surface area contributed by atoms with Crippen LogP contribution in [0.4, 0.5) is 0 Å². The summed E-state index contributed by atoms with van der Waals surface area (Å²) in [6.45, 7) is 6.95. The Morgan fingerprint density at radius 1 is 0.861 bits per heavy atom. The minimum absolute atomic E-state index is 0.00796. The molecule has 3 aromatic carbocycles. The van der Waals surface area contributed by atoms with Gasteiger partial charge in [-0.1, -0.05) is 67.6 Å². The molecule has 2 aliphatic heterocycles. The molecule has 6 heteroatoms. The minimum Gasteiger partial charge on any atom is -0.392 e. The highest BCUT2D eigenvalue weighted by molar-refractivity contribution is 5.65. The van der Waals surface area contributed by atoms with Crippen LogP contribution in [0.5, 0.6) is 0 Å². The highest BCUT2D eigenvalue weighted by atomic mass is 16.7. The van der Waals surface area contributed by atoms with E-state index in [2.05, 4.69) is 60.4 Å². The van der Waals surface area contributed by atoms with E-state index in [1.807, 2.05) is 24.3 Å². The van der Waals surface area contributed by atoms with Crippen molar-refractivity contribution in [3.05, 3.63) is 95.1 Å². The zero-order chi connectivity index (χ0) is 24.9. The molecule has 36 heavy (non-hydrogen) atoms. The lowest BCUT2D eigenvalue weighted by Gasteiger charge is -2.43. The van der Waals surface area contributed by atoms with Gasteiger partial charge in [-0.25, -0.2) is 0 Å². The molecule has 0 saturated carbocycles. The van der Waals surface area contributed by atoms with Gasteiger partial charge in [0.15, 0.2) is 6.29 Å². The van der Waals surface area contributed by atoms with Crippen LogP contribution in [-0.4, -0.2) is 49.0 Å². The van der Waals surface area contributed by atoms with Crippen molar-refractivity contribution in [1.29, 1.82) is 0 Å². The van der Waals surface area contributed by atoms with Crippen LogP contribution in [0.3, 0.4) is 0 Å². The molecule has 190 valence electrons. The van der Waals surface area contributed by atoms with Crippen molar-refractivity contribution in [2.24, 2.45) is 11.7 Å². The molecule has 2 heterocycles. The number of aliphatic hydroxyl groups excluding tert-OH is 1. The van der Waals surface area contributed by atoms with E-state index < -0.39 is 6.29 Å². The van der Waals surface area contributed by atoms with Crippen molar-refractivity contribution in [2.45, 2.75) is 38.6 Å². The fraction of sp³-hybridized carbons (Fsp3) is 0.400. The topological polar surface area (TPSA) is 77.2 Å². The summed E-state index contributed by atoms with van der Waals surface area (Å²) in [7, 11) is 0. The number of ether oxygens (including phenoxy) is 3. The maximum Gasteiger partial charge on any atom is 0.184 e. The molecule has 2 aliphatic rings. The number of rotatable bonds is 7. The first-order chi connectivity index (χ1) is 17.6. The zero-order valence-corrected chi connectivity index (χ0v) is 20.9. The maximum absolute atomic E-state index is 9.48. The number of morpholine rings is 1. The van der Waals surface area contributed by atoms with Crippen LogP contribution in [-0.2, 0) is 27.4 Å². The lowest BCUT2D eigenvalue weighted by molar-refractivity contribution is -0.277. The summed E-state index contributed by atoms with van der Waals surface area (Å²) >= 11 is 0. The van der Waals surface area contributed by atoms with Crippen LogP contribution >= 0.6 is 0 Å². The van der Waals surface area contributed by atoms with Crippen molar-refractivity contribution in [2.75, 3.05) is 32.8 Å². The molecular formula is C30H36N2O4. The van der Waals surface area contributed by atoms with Gasteiger partial charge in [-0.3, -0.25) is 4.90 Å². The van der Waals surface area contributed by atoms with E-state index in [-0.39, 0.29) is 24.7 Å². The van der Waals surface area contributed by atoms with Gasteiger partial charge in [0.1, 0.15) is 0 Å². The zero-order valence-electron chi connectivity index (χ0n) is 20.9. The van der Waals surface area contributed by atoms with Crippen LogP contribution in [0.1, 0.15) is 41.6 Å². The summed E-state index contributed by atoms with van der Waals surface area (Å²) in [5, 5.41) is 9.48. The second-order valence-electron chi connectivity index (χ2n) is 9.76. The Balaban J connectivity index is 1.44. The van der Waals surface area contributed by atoms with Crippen molar-refractivity contribution in [3.8, 4) is 11.1 Å². The molecule has 0 bridgehead atoms. The fourth-order valence-electron chi connectivity index (χ4n) is 5.11. The smallest absolute Gasteiger partial charge is 0.184 e. The lowest BCUT2D eigenvalue weighted by atomic mass is 9.89. The molecule has 0 radical (unpaired) electrons. The van der Waals surface area contributed by atoms with E-state index in [0.717, 1.165) is 66.2 Å². The monoisotopic (exact) mass is 488 g/mol. The molecule has 5 rings (SSSR count). The predicted octanol–water partition coefficient (Wildman–Crippen LogP) is 4.43. The van der Waals surface area contributed by atoms with Crippen LogP contribution in [0.15, 0.2) is 72.8 Å². The Hall–Kier alpha value is -2.58. The highest BCUT2D eigenvalue weighted by Gasteiger charge is 2.39. The van der Waals surface area contributed by atoms with Gasteiger partial charge in [0.25, 0.3) is 0 Å².